The predicted octanol–water partition coefficient (Wildman–Crippen LogP) is 3.98. The Morgan fingerprint density at radius 1 is 1.13 bits per heavy atom. The number of furan rings is 1. The van der Waals surface area contributed by atoms with Gasteiger partial charge in [0.15, 0.2) is 11.3 Å². The fourth-order valence-electron chi connectivity index (χ4n) is 3.52. The molecule has 0 bridgehead atoms. The Balaban J connectivity index is 1.48. The van der Waals surface area contributed by atoms with Crippen LogP contribution in [0.3, 0.4) is 0 Å². The lowest BCUT2D eigenvalue weighted by Crippen LogP contribution is -2.29. The van der Waals surface area contributed by atoms with Crippen LogP contribution in [-0.2, 0) is 9.59 Å². The zero-order valence-corrected chi connectivity index (χ0v) is 16.8. The Morgan fingerprint density at radius 3 is 2.50 bits per heavy atom. The Bertz CT molecular complexity index is 1100. The molecule has 2 heterocycles. The number of rotatable bonds is 6. The number of amides is 3. The largest absolute Gasteiger partial charge is 0.490 e. The van der Waals surface area contributed by atoms with Gasteiger partial charge in [0.2, 0.25) is 11.8 Å². The summed E-state index contributed by atoms with van der Waals surface area (Å²) >= 11 is 0. The van der Waals surface area contributed by atoms with Crippen LogP contribution in [0.25, 0.3) is 11.0 Å². The predicted molar refractivity (Wildman–Crippen MR) is 111 cm³/mol. The number of hydrogen-bond acceptors (Lipinski definition) is 5. The van der Waals surface area contributed by atoms with Gasteiger partial charge in [0.25, 0.3) is 5.91 Å². The molecule has 1 aliphatic heterocycles. The van der Waals surface area contributed by atoms with Gasteiger partial charge in [0.1, 0.15) is 5.76 Å². The van der Waals surface area contributed by atoms with Gasteiger partial charge in [-0.1, -0.05) is 12.1 Å². The molecule has 0 saturated carbocycles. The summed E-state index contributed by atoms with van der Waals surface area (Å²) in [5.41, 5.74) is 1.56. The maximum Gasteiger partial charge on any atom is 0.251 e. The van der Waals surface area contributed by atoms with Crippen LogP contribution in [0.4, 0.5) is 5.69 Å². The number of carbonyl (C=O) groups excluding carboxylic acids is 3. The molecule has 0 spiro atoms. The van der Waals surface area contributed by atoms with Crippen LogP contribution in [0.1, 0.15) is 48.8 Å². The van der Waals surface area contributed by atoms with Crippen molar-refractivity contribution in [1.29, 1.82) is 0 Å². The SMILES string of the molecule is CCOc1cccc2cc(C(C)NC(=O)c3ccc(N4C(=O)CCC4=O)cc3)oc12. The van der Waals surface area contributed by atoms with Crippen LogP contribution in [0.15, 0.2) is 52.9 Å². The van der Waals surface area contributed by atoms with Gasteiger partial charge < -0.3 is 14.5 Å². The molecule has 1 N–H and O–H groups in total. The van der Waals surface area contributed by atoms with Crippen LogP contribution < -0.4 is 15.0 Å². The molecular formula is C23H22N2O5. The van der Waals surface area contributed by atoms with Crippen molar-refractivity contribution in [2.24, 2.45) is 0 Å². The van der Waals surface area contributed by atoms with Gasteiger partial charge >= 0.3 is 0 Å². The summed E-state index contributed by atoms with van der Waals surface area (Å²) < 4.78 is 11.5. The summed E-state index contributed by atoms with van der Waals surface area (Å²) in [7, 11) is 0. The van der Waals surface area contributed by atoms with E-state index >= 15 is 0 Å². The lowest BCUT2D eigenvalue weighted by Gasteiger charge is -2.15. The van der Waals surface area contributed by atoms with Crippen molar-refractivity contribution in [2.75, 3.05) is 11.5 Å². The van der Waals surface area contributed by atoms with Crippen molar-refractivity contribution in [2.45, 2.75) is 32.7 Å². The molecule has 0 aliphatic carbocycles. The van der Waals surface area contributed by atoms with Crippen molar-refractivity contribution in [3.63, 3.8) is 0 Å². The highest BCUT2D eigenvalue weighted by molar-refractivity contribution is 6.19. The maximum atomic E-state index is 12.6. The van der Waals surface area contributed by atoms with E-state index in [0.29, 0.717) is 35.0 Å². The van der Waals surface area contributed by atoms with E-state index in [4.69, 9.17) is 9.15 Å². The molecule has 1 aromatic heterocycles. The monoisotopic (exact) mass is 406 g/mol. The summed E-state index contributed by atoms with van der Waals surface area (Å²) in [5.74, 6) is 0.569. The zero-order valence-electron chi connectivity index (χ0n) is 16.8. The number of anilines is 1. The van der Waals surface area contributed by atoms with E-state index in [2.05, 4.69) is 5.32 Å². The Labute approximate surface area is 173 Å². The van der Waals surface area contributed by atoms with E-state index in [1.807, 2.05) is 38.1 Å². The fourth-order valence-corrected chi connectivity index (χ4v) is 3.52. The standard InChI is InChI=1S/C23H22N2O5/c1-3-29-18-6-4-5-16-13-19(30-22(16)18)14(2)24-23(28)15-7-9-17(10-8-15)25-20(26)11-12-21(25)27/h4-10,13-14H,3,11-12H2,1-2H3,(H,24,28). The van der Waals surface area contributed by atoms with Gasteiger partial charge in [-0.3, -0.25) is 19.3 Å². The summed E-state index contributed by atoms with van der Waals surface area (Å²) in [4.78, 5) is 37.5. The van der Waals surface area contributed by atoms with Gasteiger partial charge in [0.05, 0.1) is 18.3 Å². The summed E-state index contributed by atoms with van der Waals surface area (Å²) in [5, 5.41) is 3.81. The molecular weight excluding hydrogens is 384 g/mol. The molecule has 7 heteroatoms. The normalized spacial score (nSPS) is 14.9. The Morgan fingerprint density at radius 2 is 1.83 bits per heavy atom. The average molecular weight is 406 g/mol. The second-order valence-electron chi connectivity index (χ2n) is 7.12. The number of nitrogens with zero attached hydrogens (tertiary/aromatic N) is 1. The molecule has 2 aromatic carbocycles. The van der Waals surface area contributed by atoms with Crippen molar-refractivity contribution in [3.05, 3.63) is 59.9 Å². The molecule has 1 aliphatic rings. The third-order valence-electron chi connectivity index (χ3n) is 5.04. The molecule has 1 fully saturated rings. The molecule has 1 unspecified atom stereocenters. The summed E-state index contributed by atoms with van der Waals surface area (Å²) in [6, 6.07) is 13.6. The number of imide groups is 1. The molecule has 4 rings (SSSR count). The van der Waals surface area contributed by atoms with Crippen LogP contribution in [0.5, 0.6) is 5.75 Å². The first-order chi connectivity index (χ1) is 14.5. The Hall–Kier alpha value is -3.61. The first kappa shape index (κ1) is 19.7. The highest BCUT2D eigenvalue weighted by Gasteiger charge is 2.30. The van der Waals surface area contributed by atoms with Crippen molar-refractivity contribution in [1.82, 2.24) is 5.32 Å². The molecule has 1 atom stereocenters. The van der Waals surface area contributed by atoms with Crippen LogP contribution in [-0.4, -0.2) is 24.3 Å². The minimum Gasteiger partial charge on any atom is -0.490 e. The van der Waals surface area contributed by atoms with E-state index in [1.54, 1.807) is 24.3 Å². The molecule has 3 amide bonds. The van der Waals surface area contributed by atoms with Gasteiger partial charge in [-0.2, -0.15) is 0 Å². The van der Waals surface area contributed by atoms with Gasteiger partial charge in [-0.15, -0.1) is 0 Å². The number of ether oxygens (including phenoxy) is 1. The van der Waals surface area contributed by atoms with Crippen LogP contribution in [0.2, 0.25) is 0 Å². The van der Waals surface area contributed by atoms with Gasteiger partial charge in [-0.05, 0) is 50.2 Å². The average Bonchev–Trinajstić information content (AvgIpc) is 3.32. The molecule has 3 aromatic rings. The van der Waals surface area contributed by atoms with Crippen molar-refractivity contribution < 1.29 is 23.5 Å². The zero-order chi connectivity index (χ0) is 21.3. The summed E-state index contributed by atoms with van der Waals surface area (Å²) in [6.45, 7) is 4.28. The van der Waals surface area contributed by atoms with Gasteiger partial charge in [-0.25, -0.2) is 0 Å². The quantitative estimate of drug-likeness (QED) is 0.626. The number of benzene rings is 2. The second kappa shape index (κ2) is 8.02. The maximum absolute atomic E-state index is 12.6. The lowest BCUT2D eigenvalue weighted by atomic mass is 10.1. The number of carbonyl (C=O) groups is 3. The number of nitrogens with one attached hydrogen (secondary N) is 1. The lowest BCUT2D eigenvalue weighted by molar-refractivity contribution is -0.121. The van der Waals surface area contributed by atoms with Crippen molar-refractivity contribution in [3.8, 4) is 5.75 Å². The molecule has 154 valence electrons. The minimum atomic E-state index is -0.360. The van der Waals surface area contributed by atoms with E-state index < -0.39 is 0 Å². The van der Waals surface area contributed by atoms with Crippen LogP contribution in [0, 0.1) is 0 Å². The van der Waals surface area contributed by atoms with E-state index in [0.717, 1.165) is 10.3 Å². The molecule has 0 radical (unpaired) electrons. The minimum absolute atomic E-state index is 0.220. The first-order valence-corrected chi connectivity index (χ1v) is 9.90. The smallest absolute Gasteiger partial charge is 0.251 e. The van der Waals surface area contributed by atoms with Crippen molar-refractivity contribution >= 4 is 34.4 Å². The third-order valence-corrected chi connectivity index (χ3v) is 5.04. The number of fused-ring (bicyclic) bond motifs is 1. The molecule has 30 heavy (non-hydrogen) atoms. The fraction of sp³-hybridized carbons (Fsp3) is 0.261. The molecule has 7 nitrogen and oxygen atoms in total. The highest BCUT2D eigenvalue weighted by atomic mass is 16.5. The van der Waals surface area contributed by atoms with Gasteiger partial charge in [0, 0.05) is 23.8 Å². The Kier molecular flexibility index (Phi) is 5.27. The van der Waals surface area contributed by atoms with E-state index in [9.17, 15) is 14.4 Å². The third kappa shape index (κ3) is 3.66. The van der Waals surface area contributed by atoms with E-state index in [1.165, 1.54) is 0 Å². The topological polar surface area (TPSA) is 88.9 Å². The molecule has 1 saturated heterocycles. The second-order valence-corrected chi connectivity index (χ2v) is 7.12. The summed E-state index contributed by atoms with van der Waals surface area (Å²) in [6.07, 6.45) is 0.447. The first-order valence-electron chi connectivity index (χ1n) is 9.90. The van der Waals surface area contributed by atoms with Crippen LogP contribution >= 0.6 is 0 Å². The number of hydrogen-bond donors (Lipinski definition) is 1. The number of para-hydroxylation sites is 1. The highest BCUT2D eigenvalue weighted by Crippen LogP contribution is 2.31. The van der Waals surface area contributed by atoms with E-state index in [-0.39, 0.29) is 36.6 Å².